The summed E-state index contributed by atoms with van der Waals surface area (Å²) in [4.78, 5) is 18.2. The molecule has 4 nitrogen and oxygen atoms in total. The summed E-state index contributed by atoms with van der Waals surface area (Å²) in [7, 11) is 2.18. The third-order valence-corrected chi connectivity index (χ3v) is 8.40. The highest BCUT2D eigenvalue weighted by Gasteiger charge is 2.52. The monoisotopic (exact) mass is 486 g/mol. The fourth-order valence-corrected chi connectivity index (χ4v) is 6.46. The summed E-state index contributed by atoms with van der Waals surface area (Å²) in [5.41, 5.74) is 4.63. The molecule has 0 radical (unpaired) electrons. The number of carbonyl (C=O) groups is 1. The van der Waals surface area contributed by atoms with E-state index >= 15 is 0 Å². The van der Waals surface area contributed by atoms with Crippen LogP contribution in [0, 0.1) is 5.41 Å². The maximum absolute atomic E-state index is 13.7. The Morgan fingerprint density at radius 2 is 2.14 bits per heavy atom. The van der Waals surface area contributed by atoms with Gasteiger partial charge in [0.1, 0.15) is 5.75 Å². The first-order valence-electron chi connectivity index (χ1n) is 13.6. The zero-order chi connectivity index (χ0) is 25.7. The maximum atomic E-state index is 13.7. The average molecular weight is 487 g/mol. The Labute approximate surface area is 217 Å². The van der Waals surface area contributed by atoms with Gasteiger partial charge in [0, 0.05) is 31.0 Å². The predicted molar refractivity (Wildman–Crippen MR) is 150 cm³/mol. The lowest BCUT2D eigenvalue weighted by atomic mass is 9.60. The van der Waals surface area contributed by atoms with E-state index in [-0.39, 0.29) is 29.2 Å². The molecule has 36 heavy (non-hydrogen) atoms. The molecule has 1 N–H and O–H groups in total. The van der Waals surface area contributed by atoms with Gasteiger partial charge in [-0.25, -0.2) is 0 Å². The van der Waals surface area contributed by atoms with E-state index in [4.69, 9.17) is 0 Å². The van der Waals surface area contributed by atoms with Crippen LogP contribution >= 0.6 is 0 Å². The molecule has 1 amide bonds. The van der Waals surface area contributed by atoms with Gasteiger partial charge >= 0.3 is 0 Å². The molecule has 3 unspecified atom stereocenters. The van der Waals surface area contributed by atoms with Crippen molar-refractivity contribution in [2.75, 3.05) is 20.1 Å². The smallest absolute Gasteiger partial charge is 0.223 e. The van der Waals surface area contributed by atoms with Crippen molar-refractivity contribution < 1.29 is 9.90 Å². The van der Waals surface area contributed by atoms with Gasteiger partial charge in [-0.2, -0.15) is 0 Å². The van der Waals surface area contributed by atoms with Crippen LogP contribution in [0.4, 0.5) is 0 Å². The van der Waals surface area contributed by atoms with Gasteiger partial charge in [-0.05, 0) is 80.0 Å². The molecular formula is C32H42N2O2. The van der Waals surface area contributed by atoms with Crippen molar-refractivity contribution in [1.82, 2.24) is 9.80 Å². The van der Waals surface area contributed by atoms with Gasteiger partial charge in [0.2, 0.25) is 5.91 Å². The Morgan fingerprint density at radius 3 is 2.83 bits per heavy atom. The third-order valence-electron chi connectivity index (χ3n) is 8.40. The van der Waals surface area contributed by atoms with Gasteiger partial charge in [-0.1, -0.05) is 69.0 Å². The standard InChI is InChI=1S/C32H42N2O2/c1-5-8-14-26-21-25-15-16-28(35)22-29(25)31-32(26,7-3)19-17-30(36)34(31)27(6-2)18-20-33(4)23-24-12-10-9-11-13-24/h5,8,10,12-16,21-22,27,31,35H,1,6-7,9,11,17-20,23H2,2-4H3/b14-8-. The van der Waals surface area contributed by atoms with Gasteiger partial charge in [0.05, 0.1) is 6.04 Å². The summed E-state index contributed by atoms with van der Waals surface area (Å²) >= 11 is 0. The Morgan fingerprint density at radius 1 is 1.31 bits per heavy atom. The number of rotatable bonds is 10. The Balaban J connectivity index is 1.67. The molecule has 0 aromatic heterocycles. The average Bonchev–Trinajstić information content (AvgIpc) is 2.89. The highest BCUT2D eigenvalue weighted by atomic mass is 16.3. The van der Waals surface area contributed by atoms with Crippen LogP contribution in [-0.4, -0.2) is 47.0 Å². The number of likely N-dealkylation sites (tertiary alicyclic amines) is 1. The minimum Gasteiger partial charge on any atom is -0.508 e. The number of carbonyl (C=O) groups excluding carboxylic acids is 1. The van der Waals surface area contributed by atoms with Gasteiger partial charge in [-0.3, -0.25) is 4.79 Å². The van der Waals surface area contributed by atoms with Gasteiger partial charge in [-0.15, -0.1) is 0 Å². The van der Waals surface area contributed by atoms with Crippen LogP contribution < -0.4 is 0 Å². The molecule has 1 aromatic rings. The van der Waals surface area contributed by atoms with E-state index in [2.05, 4.69) is 67.7 Å². The lowest BCUT2D eigenvalue weighted by molar-refractivity contribution is -0.147. The van der Waals surface area contributed by atoms with Gasteiger partial charge in [0.25, 0.3) is 0 Å². The van der Waals surface area contributed by atoms with Crippen molar-refractivity contribution in [2.45, 2.75) is 70.9 Å². The highest BCUT2D eigenvalue weighted by molar-refractivity contribution is 5.81. The number of benzene rings is 1. The number of phenolic OH excluding ortho intramolecular Hbond substituents is 1. The van der Waals surface area contributed by atoms with Crippen LogP contribution in [0.3, 0.4) is 0 Å². The van der Waals surface area contributed by atoms with E-state index in [9.17, 15) is 9.90 Å². The lowest BCUT2D eigenvalue weighted by Gasteiger charge is -2.55. The molecule has 4 rings (SSSR count). The first kappa shape index (κ1) is 26.2. The third kappa shape index (κ3) is 5.15. The van der Waals surface area contributed by atoms with Crippen molar-refractivity contribution in [3.05, 3.63) is 83.5 Å². The van der Waals surface area contributed by atoms with Crippen LogP contribution in [0.15, 0.2) is 72.4 Å². The molecule has 4 heteroatoms. The normalized spacial score (nSPS) is 24.4. The van der Waals surface area contributed by atoms with Crippen LogP contribution in [0.5, 0.6) is 5.75 Å². The summed E-state index contributed by atoms with van der Waals surface area (Å²) in [6.07, 6.45) is 21.5. The molecule has 1 heterocycles. The van der Waals surface area contributed by atoms with Crippen LogP contribution in [-0.2, 0) is 4.79 Å². The molecule has 1 aromatic carbocycles. The summed E-state index contributed by atoms with van der Waals surface area (Å²) in [6.45, 7) is 10.2. The van der Waals surface area contributed by atoms with Crippen molar-refractivity contribution in [1.29, 1.82) is 0 Å². The number of amides is 1. The SMILES string of the molecule is C=C/C=C\C1=Cc2ccc(O)cc2C2N(C(CC)CCN(C)CC3=CCCC=C3)C(=O)CCC12CC. The highest BCUT2D eigenvalue weighted by Crippen LogP contribution is 2.58. The molecular weight excluding hydrogens is 444 g/mol. The number of fused-ring (bicyclic) bond motifs is 3. The fourth-order valence-electron chi connectivity index (χ4n) is 6.46. The van der Waals surface area contributed by atoms with Crippen LogP contribution in [0.2, 0.25) is 0 Å². The molecule has 192 valence electrons. The number of aromatic hydroxyl groups is 1. The van der Waals surface area contributed by atoms with E-state index < -0.39 is 0 Å². The van der Waals surface area contributed by atoms with E-state index in [1.165, 1.54) is 11.1 Å². The van der Waals surface area contributed by atoms with E-state index in [0.29, 0.717) is 6.42 Å². The molecule has 2 aliphatic carbocycles. The zero-order valence-corrected chi connectivity index (χ0v) is 22.2. The largest absolute Gasteiger partial charge is 0.508 e. The lowest BCUT2D eigenvalue weighted by Crippen LogP contribution is -2.55. The second-order valence-electron chi connectivity index (χ2n) is 10.6. The van der Waals surface area contributed by atoms with Gasteiger partial charge < -0.3 is 14.9 Å². The number of likely N-dealkylation sites (N-methyl/N-ethyl adjacent to an activating group) is 1. The van der Waals surface area contributed by atoms with Crippen molar-refractivity contribution in [3.63, 3.8) is 0 Å². The zero-order valence-electron chi connectivity index (χ0n) is 22.2. The van der Waals surface area contributed by atoms with E-state index in [0.717, 1.165) is 62.7 Å². The van der Waals surface area contributed by atoms with Gasteiger partial charge in [0.15, 0.2) is 0 Å². The van der Waals surface area contributed by atoms with Crippen molar-refractivity contribution in [2.24, 2.45) is 5.41 Å². The predicted octanol–water partition coefficient (Wildman–Crippen LogP) is 6.97. The number of allylic oxidation sites excluding steroid dienone is 5. The number of hydrogen-bond donors (Lipinski definition) is 1. The topological polar surface area (TPSA) is 43.8 Å². The summed E-state index contributed by atoms with van der Waals surface area (Å²) in [5.74, 6) is 0.497. The number of hydrogen-bond acceptors (Lipinski definition) is 3. The second kappa shape index (κ2) is 11.5. The first-order chi connectivity index (χ1) is 17.4. The quantitative estimate of drug-likeness (QED) is 0.363. The Kier molecular flexibility index (Phi) is 8.35. The Hall–Kier alpha value is -2.85. The summed E-state index contributed by atoms with van der Waals surface area (Å²) < 4.78 is 0. The molecule has 0 saturated carbocycles. The molecule has 3 aliphatic rings. The number of phenols is 1. The first-order valence-corrected chi connectivity index (χ1v) is 13.6. The molecule has 0 spiro atoms. The van der Waals surface area contributed by atoms with Crippen molar-refractivity contribution in [3.8, 4) is 5.75 Å². The van der Waals surface area contributed by atoms with Crippen LogP contribution in [0.1, 0.15) is 76.0 Å². The molecule has 1 saturated heterocycles. The molecule has 1 aliphatic heterocycles. The minimum absolute atomic E-state index is 0.0837. The number of piperidine rings is 1. The van der Waals surface area contributed by atoms with Crippen LogP contribution in [0.25, 0.3) is 6.08 Å². The summed E-state index contributed by atoms with van der Waals surface area (Å²) in [5, 5.41) is 10.5. The molecule has 0 bridgehead atoms. The molecule has 1 fully saturated rings. The van der Waals surface area contributed by atoms with E-state index in [1.807, 2.05) is 24.3 Å². The fraction of sp³-hybridized carbons (Fsp3) is 0.469. The number of nitrogens with zero attached hydrogens (tertiary/aromatic N) is 2. The second-order valence-corrected chi connectivity index (χ2v) is 10.6. The molecule has 3 atom stereocenters. The Bertz CT molecular complexity index is 1100. The van der Waals surface area contributed by atoms with Crippen molar-refractivity contribution >= 4 is 12.0 Å². The van der Waals surface area contributed by atoms with E-state index in [1.54, 1.807) is 6.07 Å². The minimum atomic E-state index is -0.175. The maximum Gasteiger partial charge on any atom is 0.223 e. The summed E-state index contributed by atoms with van der Waals surface area (Å²) in [6, 6.07) is 5.69.